The molecule has 0 bridgehead atoms. The fourth-order valence-electron chi connectivity index (χ4n) is 4.38. The maximum absolute atomic E-state index is 12.4. The lowest BCUT2D eigenvalue weighted by molar-refractivity contribution is -0.117. The van der Waals surface area contributed by atoms with Gasteiger partial charge in [-0.15, -0.1) is 0 Å². The number of carbonyl (C=O) groups excluding carboxylic acids is 2. The highest BCUT2D eigenvalue weighted by Gasteiger charge is 2.52. The van der Waals surface area contributed by atoms with Gasteiger partial charge in [-0.05, 0) is 18.9 Å². The van der Waals surface area contributed by atoms with Crippen LogP contribution in [0.1, 0.15) is 23.2 Å². The van der Waals surface area contributed by atoms with Gasteiger partial charge >= 0.3 is 0 Å². The van der Waals surface area contributed by atoms with Gasteiger partial charge in [0.2, 0.25) is 5.91 Å². The second-order valence-electron chi connectivity index (χ2n) is 8.88. The van der Waals surface area contributed by atoms with Crippen LogP contribution in [-0.2, 0) is 15.6 Å². The quantitative estimate of drug-likeness (QED) is 0.556. The molecule has 4 heterocycles. The molecule has 0 atom stereocenters. The van der Waals surface area contributed by atoms with Crippen LogP contribution < -0.4 is 25.6 Å². The number of pyridine rings is 2. The highest BCUT2D eigenvalue weighted by atomic mass is 32.2. The number of methoxy groups -OCH3 is 1. The van der Waals surface area contributed by atoms with Crippen LogP contribution in [0.25, 0.3) is 0 Å². The van der Waals surface area contributed by atoms with Crippen LogP contribution in [0.2, 0.25) is 0 Å². The Kier molecular flexibility index (Phi) is 5.43. The number of nitrogens with one attached hydrogen (secondary N) is 3. The van der Waals surface area contributed by atoms with E-state index in [0.29, 0.717) is 28.6 Å². The number of anilines is 4. The summed E-state index contributed by atoms with van der Waals surface area (Å²) in [5.74, 6) is 2.52. The zero-order chi connectivity index (χ0) is 23.2. The van der Waals surface area contributed by atoms with E-state index in [-0.39, 0.29) is 23.1 Å². The van der Waals surface area contributed by atoms with Crippen molar-refractivity contribution in [1.82, 2.24) is 15.3 Å². The van der Waals surface area contributed by atoms with Gasteiger partial charge in [-0.3, -0.25) is 13.8 Å². The summed E-state index contributed by atoms with van der Waals surface area (Å²) >= 11 is 0. The number of amides is 2. The Labute approximate surface area is 194 Å². The molecular formula is C22H26N6O4S. The summed E-state index contributed by atoms with van der Waals surface area (Å²) in [7, 11) is 2.43. The molecule has 33 heavy (non-hydrogen) atoms. The number of nitrogens with zero attached hydrogens (tertiary/aromatic N) is 3. The molecule has 1 saturated carbocycles. The van der Waals surface area contributed by atoms with Crippen LogP contribution in [0.5, 0.6) is 5.75 Å². The van der Waals surface area contributed by atoms with Crippen molar-refractivity contribution in [2.24, 2.45) is 11.3 Å². The minimum atomic E-state index is -0.690. The average molecular weight is 471 g/mol. The van der Waals surface area contributed by atoms with Crippen LogP contribution in [0.15, 0.2) is 24.5 Å². The first-order chi connectivity index (χ1) is 15.9. The SMILES string of the molecule is CNC(=O)c1cnc(NC(=O)C2CC2)cc1Nc1nccc(N2CC3(C2)CS(=O)C3)c1OC. The Bertz CT molecular complexity index is 1140. The third-order valence-electron chi connectivity index (χ3n) is 6.24. The van der Waals surface area contributed by atoms with E-state index in [1.54, 1.807) is 26.4 Å². The zero-order valence-corrected chi connectivity index (χ0v) is 19.3. The summed E-state index contributed by atoms with van der Waals surface area (Å²) in [6, 6.07) is 3.51. The maximum Gasteiger partial charge on any atom is 0.254 e. The molecule has 1 aliphatic carbocycles. The van der Waals surface area contributed by atoms with E-state index in [9.17, 15) is 13.8 Å². The van der Waals surface area contributed by atoms with Crippen molar-refractivity contribution in [3.05, 3.63) is 30.1 Å². The number of carbonyl (C=O) groups is 2. The first-order valence-electron chi connectivity index (χ1n) is 10.8. The highest BCUT2D eigenvalue weighted by molar-refractivity contribution is 7.86. The molecule has 0 unspecified atom stereocenters. The minimum Gasteiger partial charge on any atom is -0.491 e. The number of hydrogen-bond acceptors (Lipinski definition) is 8. The van der Waals surface area contributed by atoms with Gasteiger partial charge in [-0.2, -0.15) is 0 Å². The van der Waals surface area contributed by atoms with Crippen molar-refractivity contribution in [3.63, 3.8) is 0 Å². The van der Waals surface area contributed by atoms with Crippen molar-refractivity contribution in [1.29, 1.82) is 0 Å². The van der Waals surface area contributed by atoms with E-state index < -0.39 is 10.8 Å². The van der Waals surface area contributed by atoms with Gasteiger partial charge in [0.05, 0.1) is 24.0 Å². The summed E-state index contributed by atoms with van der Waals surface area (Å²) in [4.78, 5) is 35.5. The molecule has 0 aromatic carbocycles. The number of ether oxygens (including phenoxy) is 1. The molecule has 11 heteroatoms. The molecule has 1 spiro atoms. The Morgan fingerprint density at radius 2 is 2.00 bits per heavy atom. The van der Waals surface area contributed by atoms with Crippen molar-refractivity contribution in [2.75, 3.05) is 54.3 Å². The second-order valence-corrected chi connectivity index (χ2v) is 10.3. The topological polar surface area (TPSA) is 126 Å². The molecular weight excluding hydrogens is 444 g/mol. The summed E-state index contributed by atoms with van der Waals surface area (Å²) in [6.07, 6.45) is 4.88. The van der Waals surface area contributed by atoms with Gasteiger partial charge in [0.1, 0.15) is 5.82 Å². The lowest BCUT2D eigenvalue weighted by Crippen LogP contribution is -2.67. The molecule has 2 saturated heterocycles. The van der Waals surface area contributed by atoms with Gasteiger partial charge in [0, 0.05) is 72.2 Å². The molecule has 3 fully saturated rings. The van der Waals surface area contributed by atoms with E-state index in [1.807, 2.05) is 6.07 Å². The standard InChI is InChI=1S/C22H26N6O4S/c1-23-21(30)14-8-25-17(27-20(29)13-3-4-13)7-15(14)26-19-18(32-2)16(5-6-24-19)28-9-22(10-28)11-33(31)12-22/h5-8,13H,3-4,9-12H2,1-2H3,(H,23,30)(H2,24,25,26,27,29). The monoisotopic (exact) mass is 470 g/mol. The normalized spacial score (nSPS) is 18.8. The summed E-state index contributed by atoms with van der Waals surface area (Å²) < 4.78 is 17.3. The van der Waals surface area contributed by atoms with E-state index >= 15 is 0 Å². The highest BCUT2D eigenvalue weighted by Crippen LogP contribution is 2.46. The lowest BCUT2D eigenvalue weighted by atomic mass is 9.82. The van der Waals surface area contributed by atoms with E-state index in [1.165, 1.54) is 6.20 Å². The van der Waals surface area contributed by atoms with Crippen LogP contribution >= 0.6 is 0 Å². The Morgan fingerprint density at radius 3 is 2.64 bits per heavy atom. The van der Waals surface area contributed by atoms with Crippen molar-refractivity contribution < 1.29 is 18.5 Å². The van der Waals surface area contributed by atoms with E-state index in [4.69, 9.17) is 4.74 Å². The molecule has 10 nitrogen and oxygen atoms in total. The third-order valence-corrected chi connectivity index (χ3v) is 8.11. The molecule has 174 valence electrons. The van der Waals surface area contributed by atoms with Gasteiger partial charge in [-0.1, -0.05) is 0 Å². The zero-order valence-electron chi connectivity index (χ0n) is 18.5. The molecule has 2 aromatic rings. The first-order valence-corrected chi connectivity index (χ1v) is 12.3. The van der Waals surface area contributed by atoms with Gasteiger partial charge in [-0.25, -0.2) is 9.97 Å². The minimum absolute atomic E-state index is 0.0354. The lowest BCUT2D eigenvalue weighted by Gasteiger charge is -2.55. The van der Waals surface area contributed by atoms with Crippen LogP contribution in [0, 0.1) is 11.3 Å². The molecule has 3 aliphatic rings. The fourth-order valence-corrected chi connectivity index (χ4v) is 6.03. The van der Waals surface area contributed by atoms with Crippen molar-refractivity contribution >= 4 is 45.6 Å². The average Bonchev–Trinajstić information content (AvgIpc) is 3.60. The summed E-state index contributed by atoms with van der Waals surface area (Å²) in [5.41, 5.74) is 1.80. The van der Waals surface area contributed by atoms with Crippen LogP contribution in [-0.4, -0.2) is 64.7 Å². The van der Waals surface area contributed by atoms with E-state index in [0.717, 1.165) is 43.1 Å². The molecule has 2 amide bonds. The van der Waals surface area contributed by atoms with Crippen LogP contribution in [0.4, 0.5) is 23.0 Å². The largest absolute Gasteiger partial charge is 0.491 e. The number of aromatic nitrogens is 2. The van der Waals surface area contributed by atoms with Gasteiger partial charge < -0.3 is 25.6 Å². The van der Waals surface area contributed by atoms with Gasteiger partial charge in [0.15, 0.2) is 11.6 Å². The molecule has 0 radical (unpaired) electrons. The Morgan fingerprint density at radius 1 is 1.24 bits per heavy atom. The number of rotatable bonds is 7. The fraction of sp³-hybridized carbons (Fsp3) is 0.455. The summed E-state index contributed by atoms with van der Waals surface area (Å²) in [5, 5.41) is 8.62. The van der Waals surface area contributed by atoms with E-state index in [2.05, 4.69) is 30.8 Å². The summed E-state index contributed by atoms with van der Waals surface area (Å²) in [6.45, 7) is 1.66. The predicted molar refractivity (Wildman–Crippen MR) is 126 cm³/mol. The van der Waals surface area contributed by atoms with Crippen molar-refractivity contribution in [2.45, 2.75) is 12.8 Å². The van der Waals surface area contributed by atoms with Crippen LogP contribution in [0.3, 0.4) is 0 Å². The smallest absolute Gasteiger partial charge is 0.254 e. The predicted octanol–water partition coefficient (Wildman–Crippen LogP) is 1.51. The molecule has 5 rings (SSSR count). The van der Waals surface area contributed by atoms with Crippen molar-refractivity contribution in [3.8, 4) is 5.75 Å². The molecule has 3 N–H and O–H groups in total. The second kappa shape index (κ2) is 8.29. The Balaban J connectivity index is 1.42. The third kappa shape index (κ3) is 4.12. The molecule has 2 aromatic heterocycles. The Hall–Kier alpha value is -3.21. The molecule has 2 aliphatic heterocycles. The number of hydrogen-bond donors (Lipinski definition) is 3. The first kappa shape index (κ1) is 21.6. The van der Waals surface area contributed by atoms with Gasteiger partial charge in [0.25, 0.3) is 5.91 Å². The maximum atomic E-state index is 12.4.